The average Bonchev–Trinajstić information content (AvgIpc) is 2.39. The van der Waals surface area contributed by atoms with E-state index in [2.05, 4.69) is 5.32 Å². The maximum absolute atomic E-state index is 12.2. The lowest BCUT2D eigenvalue weighted by atomic mass is 10.0. The number of carboxylic acid groups (broad SMARTS) is 1. The Kier molecular flexibility index (Phi) is 4.70. The number of aliphatic carboxylic acids is 1. The lowest BCUT2D eigenvalue weighted by molar-refractivity contribution is -0.147. The fourth-order valence-electron chi connectivity index (χ4n) is 1.78. The molecule has 0 fully saturated rings. The number of nitriles is 1. The molecule has 20 heavy (non-hydrogen) atoms. The van der Waals surface area contributed by atoms with Gasteiger partial charge >= 0.3 is 12.0 Å². The standard InChI is InChI=1S/C14H17N3O3/c1-4-17(14(2,3)12(18)19)13(20)16-11-8-6-5-7-10(11)9-15/h5-8H,4H2,1-3H3,(H,16,20)(H,18,19). The topological polar surface area (TPSA) is 93.4 Å². The highest BCUT2D eigenvalue weighted by Gasteiger charge is 2.37. The normalized spacial score (nSPS) is 10.5. The molecule has 0 heterocycles. The fourth-order valence-corrected chi connectivity index (χ4v) is 1.78. The summed E-state index contributed by atoms with van der Waals surface area (Å²) in [5, 5.41) is 20.7. The summed E-state index contributed by atoms with van der Waals surface area (Å²) in [4.78, 5) is 24.6. The number of rotatable bonds is 4. The van der Waals surface area contributed by atoms with Gasteiger partial charge in [0.15, 0.2) is 0 Å². The molecule has 106 valence electrons. The van der Waals surface area contributed by atoms with Gasteiger partial charge < -0.3 is 15.3 Å². The van der Waals surface area contributed by atoms with Gasteiger partial charge in [0.05, 0.1) is 11.3 Å². The van der Waals surface area contributed by atoms with Gasteiger partial charge in [0, 0.05) is 6.54 Å². The maximum atomic E-state index is 12.2. The van der Waals surface area contributed by atoms with E-state index in [-0.39, 0.29) is 6.54 Å². The third kappa shape index (κ3) is 3.06. The first-order valence-corrected chi connectivity index (χ1v) is 6.15. The summed E-state index contributed by atoms with van der Waals surface area (Å²) in [5.41, 5.74) is -0.648. The van der Waals surface area contributed by atoms with E-state index in [1.807, 2.05) is 6.07 Å². The van der Waals surface area contributed by atoms with Crippen LogP contribution < -0.4 is 5.32 Å². The molecule has 1 aromatic carbocycles. The Morgan fingerprint density at radius 3 is 2.50 bits per heavy atom. The Bertz CT molecular complexity index is 561. The van der Waals surface area contributed by atoms with Crippen molar-refractivity contribution >= 4 is 17.7 Å². The highest BCUT2D eigenvalue weighted by Crippen LogP contribution is 2.19. The van der Waals surface area contributed by atoms with Crippen molar-refractivity contribution in [2.24, 2.45) is 0 Å². The van der Waals surface area contributed by atoms with Gasteiger partial charge in [-0.2, -0.15) is 5.26 Å². The number of urea groups is 1. The molecule has 0 saturated heterocycles. The molecule has 0 bridgehead atoms. The zero-order valence-corrected chi connectivity index (χ0v) is 11.7. The van der Waals surface area contributed by atoms with Crippen molar-refractivity contribution in [1.82, 2.24) is 4.90 Å². The van der Waals surface area contributed by atoms with Crippen molar-refractivity contribution in [3.05, 3.63) is 29.8 Å². The van der Waals surface area contributed by atoms with Crippen LogP contribution >= 0.6 is 0 Å². The van der Waals surface area contributed by atoms with Gasteiger partial charge in [0.25, 0.3) is 0 Å². The summed E-state index contributed by atoms with van der Waals surface area (Å²) in [5.74, 6) is -1.09. The number of nitrogens with one attached hydrogen (secondary N) is 1. The summed E-state index contributed by atoms with van der Waals surface area (Å²) in [7, 11) is 0. The highest BCUT2D eigenvalue weighted by molar-refractivity contribution is 5.94. The summed E-state index contributed by atoms with van der Waals surface area (Å²) >= 11 is 0. The molecule has 0 spiro atoms. The number of likely N-dealkylation sites (N-methyl/N-ethyl adjacent to an activating group) is 1. The van der Waals surface area contributed by atoms with E-state index >= 15 is 0 Å². The van der Waals surface area contributed by atoms with Gasteiger partial charge in [0.2, 0.25) is 0 Å². The molecule has 1 aromatic rings. The van der Waals surface area contributed by atoms with E-state index in [9.17, 15) is 14.7 Å². The van der Waals surface area contributed by atoms with Gasteiger partial charge in [-0.1, -0.05) is 12.1 Å². The molecule has 0 atom stereocenters. The monoisotopic (exact) mass is 275 g/mol. The van der Waals surface area contributed by atoms with Gasteiger partial charge in [0.1, 0.15) is 11.6 Å². The molecule has 0 unspecified atom stereocenters. The number of benzene rings is 1. The van der Waals surface area contributed by atoms with Crippen LogP contribution in [0.2, 0.25) is 0 Å². The van der Waals surface area contributed by atoms with Crippen molar-refractivity contribution in [2.45, 2.75) is 26.3 Å². The van der Waals surface area contributed by atoms with Crippen LogP contribution in [0.1, 0.15) is 26.3 Å². The minimum absolute atomic E-state index is 0.236. The minimum atomic E-state index is -1.33. The molecule has 1 rings (SSSR count). The summed E-state index contributed by atoms with van der Waals surface area (Å²) in [6.07, 6.45) is 0. The molecule has 0 aliphatic heterocycles. The largest absolute Gasteiger partial charge is 0.480 e. The van der Waals surface area contributed by atoms with Crippen molar-refractivity contribution in [3.63, 3.8) is 0 Å². The molecule has 2 N–H and O–H groups in total. The number of nitrogens with zero attached hydrogens (tertiary/aromatic N) is 2. The average molecular weight is 275 g/mol. The Balaban J connectivity index is 3.00. The number of para-hydroxylation sites is 1. The number of amides is 2. The zero-order valence-electron chi connectivity index (χ0n) is 11.7. The van der Waals surface area contributed by atoms with E-state index in [4.69, 9.17) is 5.26 Å². The third-order valence-electron chi connectivity index (χ3n) is 3.05. The molecule has 0 aromatic heterocycles. The van der Waals surface area contributed by atoms with Crippen LogP contribution in [0.25, 0.3) is 0 Å². The third-order valence-corrected chi connectivity index (χ3v) is 3.05. The van der Waals surface area contributed by atoms with Crippen molar-refractivity contribution < 1.29 is 14.7 Å². The number of anilines is 1. The molecular weight excluding hydrogens is 258 g/mol. The number of carboxylic acids is 1. The van der Waals surface area contributed by atoms with E-state index in [0.29, 0.717) is 11.3 Å². The van der Waals surface area contributed by atoms with Crippen molar-refractivity contribution in [3.8, 4) is 6.07 Å². The quantitative estimate of drug-likeness (QED) is 0.881. The van der Waals surface area contributed by atoms with E-state index in [1.165, 1.54) is 18.7 Å². The summed E-state index contributed by atoms with van der Waals surface area (Å²) < 4.78 is 0. The summed E-state index contributed by atoms with van der Waals surface area (Å²) in [6, 6.07) is 7.97. The van der Waals surface area contributed by atoms with Crippen LogP contribution in [0.3, 0.4) is 0 Å². The highest BCUT2D eigenvalue weighted by atomic mass is 16.4. The number of carbonyl (C=O) groups is 2. The fraction of sp³-hybridized carbons (Fsp3) is 0.357. The van der Waals surface area contributed by atoms with Crippen LogP contribution in [0.5, 0.6) is 0 Å². The van der Waals surface area contributed by atoms with Crippen LogP contribution in [-0.2, 0) is 4.79 Å². The predicted molar refractivity (Wildman–Crippen MR) is 74.3 cm³/mol. The molecule has 0 saturated carbocycles. The molecule has 0 aliphatic rings. The van der Waals surface area contributed by atoms with Crippen LogP contribution in [-0.4, -0.2) is 34.1 Å². The Morgan fingerprint density at radius 2 is 2.00 bits per heavy atom. The lowest BCUT2D eigenvalue weighted by Crippen LogP contribution is -2.54. The SMILES string of the molecule is CCN(C(=O)Nc1ccccc1C#N)C(C)(C)C(=O)O. The van der Waals surface area contributed by atoms with E-state index in [0.717, 1.165) is 0 Å². The van der Waals surface area contributed by atoms with Gasteiger partial charge in [-0.3, -0.25) is 0 Å². The van der Waals surface area contributed by atoms with Crippen molar-refractivity contribution in [1.29, 1.82) is 5.26 Å². The first-order valence-electron chi connectivity index (χ1n) is 6.15. The molecule has 0 aliphatic carbocycles. The lowest BCUT2D eigenvalue weighted by Gasteiger charge is -2.34. The maximum Gasteiger partial charge on any atom is 0.329 e. The Labute approximate surface area is 117 Å². The predicted octanol–water partition coefficient (Wildman–Crippen LogP) is 2.28. The molecule has 6 nitrogen and oxygen atoms in total. The second-order valence-corrected chi connectivity index (χ2v) is 4.70. The molecule has 6 heteroatoms. The Morgan fingerprint density at radius 1 is 1.40 bits per heavy atom. The van der Waals surface area contributed by atoms with Gasteiger partial charge in [-0.25, -0.2) is 9.59 Å². The first-order chi connectivity index (χ1) is 9.34. The molecular formula is C14H17N3O3. The first kappa shape index (κ1) is 15.5. The number of carbonyl (C=O) groups excluding carboxylic acids is 1. The number of hydrogen-bond donors (Lipinski definition) is 2. The van der Waals surface area contributed by atoms with Crippen LogP contribution in [0.15, 0.2) is 24.3 Å². The molecule has 0 radical (unpaired) electrons. The van der Waals surface area contributed by atoms with E-state index in [1.54, 1.807) is 31.2 Å². The van der Waals surface area contributed by atoms with Gasteiger partial charge in [-0.15, -0.1) is 0 Å². The Hall–Kier alpha value is -2.55. The van der Waals surface area contributed by atoms with Crippen LogP contribution in [0, 0.1) is 11.3 Å². The van der Waals surface area contributed by atoms with Crippen molar-refractivity contribution in [2.75, 3.05) is 11.9 Å². The second kappa shape index (κ2) is 6.06. The smallest absolute Gasteiger partial charge is 0.329 e. The minimum Gasteiger partial charge on any atom is -0.480 e. The summed E-state index contributed by atoms with van der Waals surface area (Å²) in [6.45, 7) is 4.84. The molecule has 2 amide bonds. The van der Waals surface area contributed by atoms with Crippen LogP contribution in [0.4, 0.5) is 10.5 Å². The van der Waals surface area contributed by atoms with E-state index < -0.39 is 17.5 Å². The second-order valence-electron chi connectivity index (χ2n) is 4.70. The zero-order chi connectivity index (χ0) is 15.3. The van der Waals surface area contributed by atoms with Gasteiger partial charge in [-0.05, 0) is 32.9 Å². The number of hydrogen-bond acceptors (Lipinski definition) is 3.